The fourth-order valence-corrected chi connectivity index (χ4v) is 3.17. The van der Waals surface area contributed by atoms with Gasteiger partial charge in [-0.25, -0.2) is 0 Å². The monoisotopic (exact) mass is 332 g/mol. The predicted molar refractivity (Wildman–Crippen MR) is 93.7 cm³/mol. The molecule has 2 amide bonds. The number of amides is 2. The molecule has 5 heteroatoms. The van der Waals surface area contributed by atoms with E-state index < -0.39 is 6.04 Å². The second-order valence-corrected chi connectivity index (χ2v) is 6.99. The zero-order valence-corrected chi connectivity index (χ0v) is 14.8. The number of hydrogen-bond donors (Lipinski definition) is 2. The molecule has 132 valence electrons. The Bertz CT molecular complexity index is 586. The molecule has 1 aliphatic rings. The van der Waals surface area contributed by atoms with Crippen LogP contribution in [-0.4, -0.2) is 47.6 Å². The highest BCUT2D eigenvalue weighted by Gasteiger charge is 2.31. The van der Waals surface area contributed by atoms with E-state index in [2.05, 4.69) is 5.32 Å². The summed E-state index contributed by atoms with van der Waals surface area (Å²) in [6.45, 7) is 7.13. The highest BCUT2D eigenvalue weighted by Crippen LogP contribution is 2.18. The Morgan fingerprint density at radius 1 is 1.33 bits per heavy atom. The molecule has 2 unspecified atom stereocenters. The van der Waals surface area contributed by atoms with Gasteiger partial charge in [0, 0.05) is 25.3 Å². The van der Waals surface area contributed by atoms with Gasteiger partial charge in [-0.15, -0.1) is 0 Å². The van der Waals surface area contributed by atoms with E-state index in [4.69, 9.17) is 0 Å². The van der Waals surface area contributed by atoms with Crippen molar-refractivity contribution in [2.75, 3.05) is 19.7 Å². The molecular formula is C19H28N2O3. The van der Waals surface area contributed by atoms with Gasteiger partial charge < -0.3 is 15.3 Å². The van der Waals surface area contributed by atoms with E-state index >= 15 is 0 Å². The molecule has 5 nitrogen and oxygen atoms in total. The van der Waals surface area contributed by atoms with Crippen LogP contribution in [-0.2, 0) is 4.79 Å². The van der Waals surface area contributed by atoms with E-state index in [1.807, 2.05) is 39.0 Å². The average Bonchev–Trinajstić information content (AvgIpc) is 2.59. The molecule has 0 saturated carbocycles. The fourth-order valence-electron chi connectivity index (χ4n) is 3.17. The van der Waals surface area contributed by atoms with Crippen LogP contribution in [0, 0.1) is 18.8 Å². The summed E-state index contributed by atoms with van der Waals surface area (Å²) >= 11 is 0. The molecule has 1 aromatic carbocycles. The minimum Gasteiger partial charge on any atom is -0.396 e. The standard InChI is InChI=1S/C19H28N2O3/c1-13(2)17(19(24)21-10-6-8-15(11-21)12-22)20-18(23)16-9-5-4-7-14(16)3/h4-5,7,9,13,15,17,22H,6,8,10-12H2,1-3H3,(H,20,23). The Balaban J connectivity index is 2.10. The lowest BCUT2D eigenvalue weighted by Crippen LogP contribution is -2.53. The number of likely N-dealkylation sites (tertiary alicyclic amines) is 1. The van der Waals surface area contributed by atoms with E-state index in [1.54, 1.807) is 11.0 Å². The van der Waals surface area contributed by atoms with Crippen LogP contribution in [0.15, 0.2) is 24.3 Å². The number of hydrogen-bond acceptors (Lipinski definition) is 3. The lowest BCUT2D eigenvalue weighted by atomic mass is 9.96. The number of carbonyl (C=O) groups excluding carboxylic acids is 2. The van der Waals surface area contributed by atoms with Gasteiger partial charge in [-0.3, -0.25) is 9.59 Å². The lowest BCUT2D eigenvalue weighted by molar-refractivity contribution is -0.136. The highest BCUT2D eigenvalue weighted by atomic mass is 16.3. The van der Waals surface area contributed by atoms with Crippen LogP contribution >= 0.6 is 0 Å². The number of aliphatic hydroxyl groups excluding tert-OH is 1. The topological polar surface area (TPSA) is 69.6 Å². The van der Waals surface area contributed by atoms with Gasteiger partial charge in [0.15, 0.2) is 0 Å². The van der Waals surface area contributed by atoms with Gasteiger partial charge in [0.05, 0.1) is 0 Å². The van der Waals surface area contributed by atoms with Crippen molar-refractivity contribution in [1.82, 2.24) is 10.2 Å². The second kappa shape index (κ2) is 8.29. The van der Waals surface area contributed by atoms with E-state index in [0.717, 1.165) is 18.4 Å². The number of nitrogens with zero attached hydrogens (tertiary/aromatic N) is 1. The van der Waals surface area contributed by atoms with Crippen LogP contribution < -0.4 is 5.32 Å². The molecule has 1 fully saturated rings. The second-order valence-electron chi connectivity index (χ2n) is 6.99. The Kier molecular flexibility index (Phi) is 6.37. The maximum Gasteiger partial charge on any atom is 0.252 e. The zero-order valence-electron chi connectivity index (χ0n) is 14.8. The van der Waals surface area contributed by atoms with Crippen molar-refractivity contribution < 1.29 is 14.7 Å². The van der Waals surface area contributed by atoms with Crippen LogP contribution in [0.1, 0.15) is 42.6 Å². The minimum atomic E-state index is -0.547. The molecular weight excluding hydrogens is 304 g/mol. The Hall–Kier alpha value is -1.88. The van der Waals surface area contributed by atoms with Crippen LogP contribution in [0.4, 0.5) is 0 Å². The summed E-state index contributed by atoms with van der Waals surface area (Å²) < 4.78 is 0. The number of aliphatic hydroxyl groups is 1. The number of piperidine rings is 1. The maximum absolute atomic E-state index is 12.9. The van der Waals surface area contributed by atoms with Gasteiger partial charge in [-0.2, -0.15) is 0 Å². The van der Waals surface area contributed by atoms with Crippen molar-refractivity contribution in [2.24, 2.45) is 11.8 Å². The largest absolute Gasteiger partial charge is 0.396 e. The van der Waals surface area contributed by atoms with E-state index in [1.165, 1.54) is 0 Å². The molecule has 0 aromatic heterocycles. The van der Waals surface area contributed by atoms with Crippen molar-refractivity contribution in [2.45, 2.75) is 39.7 Å². The van der Waals surface area contributed by atoms with E-state index in [-0.39, 0.29) is 30.3 Å². The fraction of sp³-hybridized carbons (Fsp3) is 0.579. The normalized spacial score (nSPS) is 19.2. The van der Waals surface area contributed by atoms with Crippen molar-refractivity contribution in [3.8, 4) is 0 Å². The predicted octanol–water partition coefficient (Wildman–Crippen LogP) is 1.98. The smallest absolute Gasteiger partial charge is 0.252 e. The molecule has 1 saturated heterocycles. The molecule has 2 atom stereocenters. The molecule has 2 rings (SSSR count). The lowest BCUT2D eigenvalue weighted by Gasteiger charge is -2.35. The van der Waals surface area contributed by atoms with Crippen molar-refractivity contribution >= 4 is 11.8 Å². The molecule has 1 heterocycles. The summed E-state index contributed by atoms with van der Waals surface area (Å²) in [6.07, 6.45) is 1.84. The Labute approximate surface area is 144 Å². The number of benzene rings is 1. The number of carbonyl (C=O) groups is 2. The molecule has 2 N–H and O–H groups in total. The van der Waals surface area contributed by atoms with E-state index in [0.29, 0.717) is 18.7 Å². The van der Waals surface area contributed by atoms with Gasteiger partial charge >= 0.3 is 0 Å². The summed E-state index contributed by atoms with van der Waals surface area (Å²) in [6, 6.07) is 6.83. The van der Waals surface area contributed by atoms with Gasteiger partial charge in [0.25, 0.3) is 5.91 Å². The molecule has 1 aromatic rings. The van der Waals surface area contributed by atoms with Crippen molar-refractivity contribution in [3.05, 3.63) is 35.4 Å². The first-order valence-corrected chi connectivity index (χ1v) is 8.70. The average molecular weight is 332 g/mol. The summed E-state index contributed by atoms with van der Waals surface area (Å²) in [4.78, 5) is 27.2. The van der Waals surface area contributed by atoms with Crippen LogP contribution in [0.3, 0.4) is 0 Å². The summed E-state index contributed by atoms with van der Waals surface area (Å²) in [7, 11) is 0. The Morgan fingerprint density at radius 3 is 2.67 bits per heavy atom. The molecule has 0 radical (unpaired) electrons. The van der Waals surface area contributed by atoms with Gasteiger partial charge in [0.1, 0.15) is 6.04 Å². The first-order valence-electron chi connectivity index (χ1n) is 8.70. The summed E-state index contributed by atoms with van der Waals surface area (Å²) in [5, 5.41) is 12.3. The number of aryl methyl sites for hydroxylation is 1. The molecule has 0 bridgehead atoms. The first-order chi connectivity index (χ1) is 11.4. The van der Waals surface area contributed by atoms with Gasteiger partial charge in [0.2, 0.25) is 5.91 Å². The maximum atomic E-state index is 12.9. The van der Waals surface area contributed by atoms with Gasteiger partial charge in [-0.05, 0) is 43.2 Å². The Morgan fingerprint density at radius 2 is 2.04 bits per heavy atom. The van der Waals surface area contributed by atoms with Crippen molar-refractivity contribution in [1.29, 1.82) is 0 Å². The third-order valence-electron chi connectivity index (χ3n) is 4.70. The molecule has 0 spiro atoms. The van der Waals surface area contributed by atoms with Crippen LogP contribution in [0.5, 0.6) is 0 Å². The zero-order chi connectivity index (χ0) is 17.7. The molecule has 0 aliphatic carbocycles. The molecule has 24 heavy (non-hydrogen) atoms. The third kappa shape index (κ3) is 4.35. The third-order valence-corrected chi connectivity index (χ3v) is 4.70. The quantitative estimate of drug-likeness (QED) is 0.866. The number of rotatable bonds is 5. The van der Waals surface area contributed by atoms with Crippen LogP contribution in [0.25, 0.3) is 0 Å². The minimum absolute atomic E-state index is 0.0000265. The first kappa shape index (κ1) is 18.5. The van der Waals surface area contributed by atoms with Gasteiger partial charge in [-0.1, -0.05) is 32.0 Å². The molecule has 1 aliphatic heterocycles. The summed E-state index contributed by atoms with van der Waals surface area (Å²) in [5.74, 6) is -0.122. The van der Waals surface area contributed by atoms with Crippen LogP contribution in [0.2, 0.25) is 0 Å². The number of nitrogens with one attached hydrogen (secondary N) is 1. The summed E-state index contributed by atoms with van der Waals surface area (Å²) in [5.41, 5.74) is 1.49. The highest BCUT2D eigenvalue weighted by molar-refractivity contribution is 5.98. The SMILES string of the molecule is Cc1ccccc1C(=O)NC(C(=O)N1CCCC(CO)C1)C(C)C. The van der Waals surface area contributed by atoms with Crippen molar-refractivity contribution in [3.63, 3.8) is 0 Å². The van der Waals surface area contributed by atoms with E-state index in [9.17, 15) is 14.7 Å².